The number of urea groups is 1. The molecule has 2 aromatic rings. The predicted molar refractivity (Wildman–Crippen MR) is 101 cm³/mol. The van der Waals surface area contributed by atoms with E-state index in [4.69, 9.17) is 0 Å². The lowest BCUT2D eigenvalue weighted by atomic mass is 10.1. The molecule has 0 bridgehead atoms. The van der Waals surface area contributed by atoms with Crippen LogP contribution in [0.2, 0.25) is 0 Å². The molecule has 0 atom stereocenters. The number of thiophene rings is 1. The third-order valence-electron chi connectivity index (χ3n) is 3.37. The molecule has 0 fully saturated rings. The molecule has 2 N–H and O–H groups in total. The van der Waals surface area contributed by atoms with Gasteiger partial charge in [-0.3, -0.25) is 10.1 Å². The molecule has 0 aliphatic rings. The van der Waals surface area contributed by atoms with Crippen molar-refractivity contribution < 1.29 is 9.59 Å². The van der Waals surface area contributed by atoms with E-state index in [-0.39, 0.29) is 11.7 Å². The second-order valence-electron chi connectivity index (χ2n) is 5.80. The van der Waals surface area contributed by atoms with Gasteiger partial charge in [0, 0.05) is 13.1 Å². The molecular weight excluding hydrogens is 358 g/mol. The summed E-state index contributed by atoms with van der Waals surface area (Å²) in [5.41, 5.74) is 0. The lowest BCUT2D eigenvalue weighted by Crippen LogP contribution is -2.40. The van der Waals surface area contributed by atoms with E-state index in [1.165, 1.54) is 11.8 Å². The predicted octanol–water partition coefficient (Wildman–Crippen LogP) is 2.99. The van der Waals surface area contributed by atoms with E-state index >= 15 is 0 Å². The van der Waals surface area contributed by atoms with Gasteiger partial charge in [0.05, 0.1) is 10.6 Å². The molecule has 0 aromatic carbocycles. The van der Waals surface area contributed by atoms with Crippen molar-refractivity contribution in [1.29, 1.82) is 0 Å². The topological polar surface area (TPSA) is 88.9 Å². The number of aromatic nitrogens is 3. The highest BCUT2D eigenvalue weighted by atomic mass is 32.2. The molecule has 0 saturated carbocycles. The minimum Gasteiger partial charge on any atom is -0.338 e. The number of nitrogens with zero attached hydrogens (tertiary/aromatic N) is 3. The monoisotopic (exact) mass is 381 g/mol. The summed E-state index contributed by atoms with van der Waals surface area (Å²) in [7, 11) is 0. The second-order valence-corrected chi connectivity index (χ2v) is 7.69. The third-order valence-corrected chi connectivity index (χ3v) is 5.20. The molecule has 9 heteroatoms. The number of hydrogen-bond acceptors (Lipinski definition) is 6. The first kappa shape index (κ1) is 19.5. The number of carbonyl (C=O) groups excluding carboxylic acids is 2. The van der Waals surface area contributed by atoms with Crippen molar-refractivity contribution in [3.8, 4) is 10.7 Å². The smallest absolute Gasteiger partial charge is 0.321 e. The van der Waals surface area contributed by atoms with Crippen LogP contribution in [0.15, 0.2) is 22.7 Å². The van der Waals surface area contributed by atoms with Crippen LogP contribution >= 0.6 is 23.1 Å². The highest BCUT2D eigenvalue weighted by Crippen LogP contribution is 2.26. The zero-order valence-corrected chi connectivity index (χ0v) is 16.2. The lowest BCUT2D eigenvalue weighted by molar-refractivity contribution is -0.117. The summed E-state index contributed by atoms with van der Waals surface area (Å²) >= 11 is 2.87. The van der Waals surface area contributed by atoms with Gasteiger partial charge in [-0.15, -0.1) is 21.5 Å². The molecule has 0 saturated heterocycles. The first-order valence-corrected chi connectivity index (χ1v) is 10.0. The zero-order valence-electron chi connectivity index (χ0n) is 14.6. The molecule has 2 rings (SSSR count). The number of nitrogens with one attached hydrogen (secondary N) is 2. The highest BCUT2D eigenvalue weighted by Gasteiger charge is 2.16. The average Bonchev–Trinajstić information content (AvgIpc) is 3.21. The van der Waals surface area contributed by atoms with Gasteiger partial charge in [-0.25, -0.2) is 4.79 Å². The van der Waals surface area contributed by atoms with Crippen molar-refractivity contribution in [2.45, 2.75) is 38.9 Å². The second kappa shape index (κ2) is 9.57. The number of hydrogen-bond donors (Lipinski definition) is 2. The van der Waals surface area contributed by atoms with Gasteiger partial charge < -0.3 is 9.88 Å². The van der Waals surface area contributed by atoms with Crippen molar-refractivity contribution in [3.05, 3.63) is 17.5 Å². The van der Waals surface area contributed by atoms with Crippen LogP contribution in [0.1, 0.15) is 27.2 Å². The minimum atomic E-state index is -0.456. The quantitative estimate of drug-likeness (QED) is 0.686. The van der Waals surface area contributed by atoms with E-state index in [9.17, 15) is 9.59 Å². The SMILES string of the molecule is CCn1c(SCC(=O)NC(=O)NCCC(C)C)nnc1-c1cccs1. The summed E-state index contributed by atoms with van der Waals surface area (Å²) < 4.78 is 1.96. The summed E-state index contributed by atoms with van der Waals surface area (Å²) in [4.78, 5) is 24.6. The molecule has 3 amide bonds. The van der Waals surface area contributed by atoms with Crippen LogP contribution in [0.3, 0.4) is 0 Å². The summed E-state index contributed by atoms with van der Waals surface area (Å²) in [6, 6.07) is 3.50. The summed E-state index contributed by atoms with van der Waals surface area (Å²) in [5, 5.41) is 16.0. The van der Waals surface area contributed by atoms with E-state index in [0.29, 0.717) is 24.2 Å². The fraction of sp³-hybridized carbons (Fsp3) is 0.500. The lowest BCUT2D eigenvalue weighted by Gasteiger charge is -2.08. The number of rotatable bonds is 8. The van der Waals surface area contributed by atoms with Gasteiger partial charge >= 0.3 is 6.03 Å². The Hall–Kier alpha value is -1.87. The molecule has 0 spiro atoms. The van der Waals surface area contributed by atoms with E-state index in [0.717, 1.165) is 17.1 Å². The van der Waals surface area contributed by atoms with E-state index in [1.807, 2.05) is 29.0 Å². The molecule has 0 unspecified atom stereocenters. The average molecular weight is 382 g/mol. The maximum absolute atomic E-state index is 11.9. The molecule has 7 nitrogen and oxygen atoms in total. The highest BCUT2D eigenvalue weighted by molar-refractivity contribution is 7.99. The van der Waals surface area contributed by atoms with Gasteiger partial charge in [-0.2, -0.15) is 0 Å². The molecule has 136 valence electrons. The van der Waals surface area contributed by atoms with Crippen LogP contribution in [-0.2, 0) is 11.3 Å². The van der Waals surface area contributed by atoms with E-state index in [1.54, 1.807) is 11.3 Å². The Morgan fingerprint density at radius 2 is 2.16 bits per heavy atom. The van der Waals surface area contributed by atoms with Crippen LogP contribution in [0, 0.1) is 5.92 Å². The summed E-state index contributed by atoms with van der Waals surface area (Å²) in [5.74, 6) is 1.06. The minimum absolute atomic E-state index is 0.111. The zero-order chi connectivity index (χ0) is 18.2. The molecular formula is C16H23N5O2S2. The van der Waals surface area contributed by atoms with Crippen molar-refractivity contribution >= 4 is 35.0 Å². The van der Waals surface area contributed by atoms with E-state index < -0.39 is 6.03 Å². The Bertz CT molecular complexity index is 697. The van der Waals surface area contributed by atoms with Crippen LogP contribution in [0.5, 0.6) is 0 Å². The Morgan fingerprint density at radius 1 is 1.36 bits per heavy atom. The first-order valence-electron chi connectivity index (χ1n) is 8.18. The van der Waals surface area contributed by atoms with Crippen LogP contribution in [0.25, 0.3) is 10.7 Å². The largest absolute Gasteiger partial charge is 0.338 e. The molecule has 0 radical (unpaired) electrons. The third kappa shape index (κ3) is 5.86. The number of carbonyl (C=O) groups is 2. The summed E-state index contributed by atoms with van der Waals surface area (Å²) in [6.07, 6.45) is 0.876. The van der Waals surface area contributed by atoms with Crippen LogP contribution in [-0.4, -0.2) is 39.0 Å². The Morgan fingerprint density at radius 3 is 2.80 bits per heavy atom. The number of imide groups is 1. The number of thioether (sulfide) groups is 1. The Labute approximate surface area is 155 Å². The molecule has 0 aliphatic carbocycles. The van der Waals surface area contributed by atoms with Gasteiger partial charge in [0.2, 0.25) is 5.91 Å². The normalized spacial score (nSPS) is 10.9. The van der Waals surface area contributed by atoms with Crippen LogP contribution in [0.4, 0.5) is 4.79 Å². The number of amides is 3. The van der Waals surface area contributed by atoms with Gasteiger partial charge in [-0.1, -0.05) is 31.7 Å². The Kier molecular flexibility index (Phi) is 7.45. The summed E-state index contributed by atoms with van der Waals surface area (Å²) in [6.45, 7) is 7.43. The van der Waals surface area contributed by atoms with Crippen molar-refractivity contribution in [2.24, 2.45) is 5.92 Å². The Balaban J connectivity index is 1.85. The molecule has 0 aliphatic heterocycles. The van der Waals surface area contributed by atoms with Gasteiger partial charge in [0.25, 0.3) is 0 Å². The maximum atomic E-state index is 11.9. The van der Waals surface area contributed by atoms with Crippen molar-refractivity contribution in [2.75, 3.05) is 12.3 Å². The van der Waals surface area contributed by atoms with Crippen LogP contribution < -0.4 is 10.6 Å². The molecule has 2 heterocycles. The molecule has 25 heavy (non-hydrogen) atoms. The first-order chi connectivity index (χ1) is 12.0. The fourth-order valence-electron chi connectivity index (χ4n) is 2.08. The van der Waals surface area contributed by atoms with Gasteiger partial charge in [-0.05, 0) is 30.7 Å². The molecule has 2 aromatic heterocycles. The van der Waals surface area contributed by atoms with Gasteiger partial charge in [0.1, 0.15) is 0 Å². The van der Waals surface area contributed by atoms with Crippen molar-refractivity contribution in [1.82, 2.24) is 25.4 Å². The fourth-order valence-corrected chi connectivity index (χ4v) is 3.60. The van der Waals surface area contributed by atoms with Crippen molar-refractivity contribution in [3.63, 3.8) is 0 Å². The van der Waals surface area contributed by atoms with Gasteiger partial charge in [0.15, 0.2) is 11.0 Å². The standard InChI is InChI=1S/C16H23N5O2S2/c1-4-21-14(12-6-5-9-24-12)19-20-16(21)25-10-13(22)18-15(23)17-8-7-11(2)3/h5-6,9,11H,4,7-8,10H2,1-3H3,(H2,17,18,22,23). The maximum Gasteiger partial charge on any atom is 0.321 e. The van der Waals surface area contributed by atoms with E-state index in [2.05, 4.69) is 34.7 Å².